The van der Waals surface area contributed by atoms with E-state index >= 15 is 0 Å². The van der Waals surface area contributed by atoms with Crippen LogP contribution in [0, 0.1) is 13.8 Å². The number of rotatable bonds is 8. The monoisotopic (exact) mass is 676 g/mol. The van der Waals surface area contributed by atoms with Crippen LogP contribution in [0.1, 0.15) is 21.6 Å². The molecular formula is C29H28ClF3N8O4S. The summed E-state index contributed by atoms with van der Waals surface area (Å²) in [6.45, 7) is 5.49. The Labute approximate surface area is 269 Å². The predicted molar refractivity (Wildman–Crippen MR) is 167 cm³/mol. The second-order valence-electron chi connectivity index (χ2n) is 10.1. The number of nitrogens with one attached hydrogen (secondary N) is 1. The van der Waals surface area contributed by atoms with Gasteiger partial charge in [-0.25, -0.2) is 14.8 Å². The van der Waals surface area contributed by atoms with Gasteiger partial charge in [0.1, 0.15) is 16.4 Å². The zero-order valence-electron chi connectivity index (χ0n) is 25.2. The van der Waals surface area contributed by atoms with Crippen LogP contribution in [0.15, 0.2) is 43.0 Å². The fraction of sp³-hybridized carbons (Fsp3) is 0.276. The summed E-state index contributed by atoms with van der Waals surface area (Å²) in [6, 6.07) is 5.48. The molecule has 0 saturated carbocycles. The van der Waals surface area contributed by atoms with Crippen LogP contribution in [0.2, 0.25) is 5.15 Å². The lowest BCUT2D eigenvalue weighted by molar-refractivity contribution is -0.192. The molecule has 5 aromatic rings. The van der Waals surface area contributed by atoms with Crippen LogP contribution in [0.3, 0.4) is 0 Å². The third-order valence-electron chi connectivity index (χ3n) is 6.39. The van der Waals surface area contributed by atoms with E-state index in [0.29, 0.717) is 38.2 Å². The molecule has 0 aliphatic heterocycles. The molecule has 0 unspecified atom stereocenters. The molecule has 17 heteroatoms. The van der Waals surface area contributed by atoms with Gasteiger partial charge in [0.25, 0.3) is 5.91 Å². The number of nitrogens with zero attached hydrogens (tertiary/aromatic N) is 7. The second kappa shape index (κ2) is 14.2. The Morgan fingerprint density at radius 1 is 1.07 bits per heavy atom. The number of anilines is 1. The Hall–Kier alpha value is -4.67. The van der Waals surface area contributed by atoms with Crippen molar-refractivity contribution in [2.45, 2.75) is 26.6 Å². The molecule has 0 atom stereocenters. The number of hydrogen-bond acceptors (Lipinski definition) is 10. The van der Waals surface area contributed by atoms with E-state index in [2.05, 4.69) is 35.3 Å². The number of aromatic nitrogens is 6. The Bertz CT molecular complexity index is 1890. The van der Waals surface area contributed by atoms with Gasteiger partial charge in [-0.2, -0.15) is 18.3 Å². The summed E-state index contributed by atoms with van der Waals surface area (Å²) < 4.78 is 40.1. The van der Waals surface area contributed by atoms with Crippen LogP contribution in [0.25, 0.3) is 32.7 Å². The third-order valence-corrected chi connectivity index (χ3v) is 7.53. The molecule has 46 heavy (non-hydrogen) atoms. The number of carbonyl (C=O) groups excluding carboxylic acids is 1. The molecule has 5 heterocycles. The van der Waals surface area contributed by atoms with Crippen molar-refractivity contribution < 1.29 is 32.6 Å². The minimum absolute atomic E-state index is 0.291. The van der Waals surface area contributed by atoms with Crippen molar-refractivity contribution in [3.05, 3.63) is 65.0 Å². The molecule has 0 radical (unpaired) electrons. The van der Waals surface area contributed by atoms with Gasteiger partial charge in [0.05, 0.1) is 53.9 Å². The number of ether oxygens (including phenoxy) is 1. The van der Waals surface area contributed by atoms with Gasteiger partial charge in [-0.3, -0.25) is 24.8 Å². The fourth-order valence-electron chi connectivity index (χ4n) is 4.21. The van der Waals surface area contributed by atoms with Crippen LogP contribution < -0.4 is 10.1 Å². The number of aliphatic carboxylic acids is 1. The van der Waals surface area contributed by atoms with E-state index in [1.54, 1.807) is 25.6 Å². The van der Waals surface area contributed by atoms with Gasteiger partial charge in [0.15, 0.2) is 5.13 Å². The SMILES string of the molecule is COc1cnc(Cl)cc1-c1cc(C)ncc1C(=O)Nc1nc2cnc(-c3c(C)cnn3CCN(C)C)cc2s1.O=C(O)C(F)(F)F. The van der Waals surface area contributed by atoms with Crippen molar-refractivity contribution in [1.29, 1.82) is 0 Å². The topological polar surface area (TPSA) is 148 Å². The minimum Gasteiger partial charge on any atom is -0.494 e. The largest absolute Gasteiger partial charge is 0.494 e. The van der Waals surface area contributed by atoms with Crippen LogP contribution in [-0.4, -0.2) is 85.5 Å². The van der Waals surface area contributed by atoms with E-state index in [-0.39, 0.29) is 5.91 Å². The highest BCUT2D eigenvalue weighted by Gasteiger charge is 2.38. The van der Waals surface area contributed by atoms with E-state index < -0.39 is 12.1 Å². The Kier molecular flexibility index (Phi) is 10.5. The number of fused-ring (bicyclic) bond motifs is 1. The van der Waals surface area contributed by atoms with Gasteiger partial charge in [0, 0.05) is 29.6 Å². The van der Waals surface area contributed by atoms with Gasteiger partial charge in [-0.15, -0.1) is 0 Å². The first-order valence-electron chi connectivity index (χ1n) is 13.4. The minimum atomic E-state index is -5.08. The fourth-order valence-corrected chi connectivity index (χ4v) is 5.24. The molecule has 1 amide bonds. The van der Waals surface area contributed by atoms with Gasteiger partial charge >= 0.3 is 12.1 Å². The van der Waals surface area contributed by atoms with Gasteiger partial charge in [0.2, 0.25) is 0 Å². The highest BCUT2D eigenvalue weighted by atomic mass is 35.5. The summed E-state index contributed by atoms with van der Waals surface area (Å²) in [5.74, 6) is -2.61. The highest BCUT2D eigenvalue weighted by Crippen LogP contribution is 2.35. The standard InChI is InChI=1S/C27H27ClN8O2S.C2HF3O2/c1-15-11-32-36(7-6-35(3)4)25(15)20-10-23-21(13-30-20)33-27(39-23)34-26(37)19-12-29-16(2)8-17(19)18-9-24(28)31-14-22(18)38-5;3-2(4,5)1(6)7/h8-14H,6-7H2,1-5H3,(H,33,34,37);(H,6,7). The molecule has 5 aromatic heterocycles. The first-order chi connectivity index (χ1) is 21.7. The van der Waals surface area contributed by atoms with Crippen molar-refractivity contribution in [3.8, 4) is 28.3 Å². The number of halogens is 4. The lowest BCUT2D eigenvalue weighted by atomic mass is 10.0. The number of pyridine rings is 3. The highest BCUT2D eigenvalue weighted by molar-refractivity contribution is 7.22. The lowest BCUT2D eigenvalue weighted by Gasteiger charge is -2.13. The molecule has 2 N–H and O–H groups in total. The van der Waals surface area contributed by atoms with Gasteiger partial charge in [-0.05, 0) is 51.7 Å². The zero-order chi connectivity index (χ0) is 33.8. The molecular weight excluding hydrogens is 649 g/mol. The number of likely N-dealkylation sites (N-methyl/N-ethyl adjacent to an activating group) is 1. The summed E-state index contributed by atoms with van der Waals surface area (Å²) in [6.07, 6.45) is 1.56. The second-order valence-corrected chi connectivity index (χ2v) is 11.5. The average molecular weight is 677 g/mol. The maximum atomic E-state index is 13.4. The van der Waals surface area contributed by atoms with Gasteiger partial charge in [-0.1, -0.05) is 22.9 Å². The summed E-state index contributed by atoms with van der Waals surface area (Å²) in [5.41, 5.74) is 5.91. The van der Waals surface area contributed by atoms with Crippen molar-refractivity contribution in [2.24, 2.45) is 0 Å². The number of methoxy groups -OCH3 is 1. The number of thiazole rings is 1. The molecule has 5 rings (SSSR count). The van der Waals surface area contributed by atoms with Crippen molar-refractivity contribution in [3.63, 3.8) is 0 Å². The van der Waals surface area contributed by atoms with E-state index in [1.807, 2.05) is 51.0 Å². The number of alkyl halides is 3. The molecule has 0 fully saturated rings. The number of carboxylic acid groups (broad SMARTS) is 1. The predicted octanol–water partition coefficient (Wildman–Crippen LogP) is 5.74. The van der Waals surface area contributed by atoms with E-state index in [1.165, 1.54) is 17.5 Å². The van der Waals surface area contributed by atoms with E-state index in [9.17, 15) is 18.0 Å². The molecule has 0 bridgehead atoms. The summed E-state index contributed by atoms with van der Waals surface area (Å²) in [7, 11) is 5.61. The van der Waals surface area contributed by atoms with Gasteiger partial charge < -0.3 is 14.7 Å². The summed E-state index contributed by atoms with van der Waals surface area (Å²) >= 11 is 7.55. The third kappa shape index (κ3) is 8.13. The Balaban J connectivity index is 0.000000617. The van der Waals surface area contributed by atoms with Crippen LogP contribution in [0.5, 0.6) is 5.75 Å². The van der Waals surface area contributed by atoms with E-state index in [0.717, 1.165) is 40.4 Å². The van der Waals surface area contributed by atoms with Crippen LogP contribution >= 0.6 is 22.9 Å². The maximum Gasteiger partial charge on any atom is 0.490 e. The molecule has 0 saturated heterocycles. The molecule has 0 aromatic carbocycles. The Morgan fingerprint density at radius 2 is 1.78 bits per heavy atom. The molecule has 242 valence electrons. The van der Waals surface area contributed by atoms with Crippen molar-refractivity contribution in [2.75, 3.05) is 33.1 Å². The number of carboxylic acids is 1. The number of aryl methyl sites for hydroxylation is 2. The normalized spacial score (nSPS) is 11.3. The van der Waals surface area contributed by atoms with Crippen LogP contribution in [-0.2, 0) is 11.3 Å². The molecule has 0 aliphatic rings. The smallest absolute Gasteiger partial charge is 0.490 e. The molecule has 12 nitrogen and oxygen atoms in total. The lowest BCUT2D eigenvalue weighted by Crippen LogP contribution is -2.21. The molecule has 0 aliphatic carbocycles. The average Bonchev–Trinajstić information content (AvgIpc) is 3.57. The molecule has 0 spiro atoms. The Morgan fingerprint density at radius 3 is 2.43 bits per heavy atom. The zero-order valence-corrected chi connectivity index (χ0v) is 26.8. The van der Waals surface area contributed by atoms with Crippen molar-refractivity contribution in [1.82, 2.24) is 34.6 Å². The van der Waals surface area contributed by atoms with Crippen molar-refractivity contribution >= 4 is 50.2 Å². The summed E-state index contributed by atoms with van der Waals surface area (Å²) in [5, 5.41) is 15.3. The first-order valence-corrected chi connectivity index (χ1v) is 14.6. The summed E-state index contributed by atoms with van der Waals surface area (Å²) in [4.78, 5) is 42.1. The number of carbonyl (C=O) groups is 2. The maximum absolute atomic E-state index is 13.4. The van der Waals surface area contributed by atoms with Crippen LogP contribution in [0.4, 0.5) is 18.3 Å². The van der Waals surface area contributed by atoms with E-state index in [4.69, 9.17) is 26.2 Å². The number of hydrogen-bond donors (Lipinski definition) is 2. The first kappa shape index (κ1) is 34.2. The number of amides is 1. The quantitative estimate of drug-likeness (QED) is 0.195.